The molecule has 0 unspecified atom stereocenters. The van der Waals surface area contributed by atoms with Crippen LogP contribution in [0.15, 0.2) is 66.9 Å². The van der Waals surface area contributed by atoms with Crippen LogP contribution in [-0.2, 0) is 9.59 Å². The van der Waals surface area contributed by atoms with E-state index in [9.17, 15) is 14.4 Å². The number of aromatic nitrogens is 2. The number of likely N-dealkylation sites (N-methyl/N-ethyl adjacent to an activating group) is 2. The number of anilines is 5. The number of carbonyl (C=O) groups is 3. The Morgan fingerprint density at radius 3 is 2.37 bits per heavy atom. The highest BCUT2D eigenvalue weighted by atomic mass is 16.2. The fourth-order valence-electron chi connectivity index (χ4n) is 3.71. The van der Waals surface area contributed by atoms with Crippen molar-refractivity contribution in [3.05, 3.63) is 78.0 Å². The van der Waals surface area contributed by atoms with Gasteiger partial charge in [0.05, 0.1) is 11.6 Å². The van der Waals surface area contributed by atoms with E-state index in [-0.39, 0.29) is 23.3 Å². The first-order valence-corrected chi connectivity index (χ1v) is 13.8. The Balaban J connectivity index is 1.69. The summed E-state index contributed by atoms with van der Waals surface area (Å²) in [5, 5.41) is 20.9. The predicted octanol–water partition coefficient (Wildman–Crippen LogP) is 4.07. The molecular weight excluding hydrogens is 546 g/mol. The van der Waals surface area contributed by atoms with Crippen LogP contribution in [0.25, 0.3) is 0 Å². The van der Waals surface area contributed by atoms with Gasteiger partial charge in [0.2, 0.25) is 17.8 Å². The van der Waals surface area contributed by atoms with Crippen molar-refractivity contribution in [1.82, 2.24) is 19.8 Å². The molecule has 43 heavy (non-hydrogen) atoms. The van der Waals surface area contributed by atoms with Gasteiger partial charge in [-0.2, -0.15) is 10.2 Å². The van der Waals surface area contributed by atoms with Crippen LogP contribution in [0, 0.1) is 11.3 Å². The van der Waals surface area contributed by atoms with Gasteiger partial charge in [-0.3, -0.25) is 14.4 Å². The van der Waals surface area contributed by atoms with Crippen LogP contribution in [0.2, 0.25) is 0 Å². The Bertz CT molecular complexity index is 1500. The average molecular weight is 584 g/mol. The highest BCUT2D eigenvalue weighted by Gasteiger charge is 2.21. The van der Waals surface area contributed by atoms with Gasteiger partial charge in [-0.05, 0) is 69.9 Å². The van der Waals surface area contributed by atoms with Crippen LogP contribution >= 0.6 is 0 Å². The molecular formula is C31H37N9O3. The summed E-state index contributed by atoms with van der Waals surface area (Å²) in [5.41, 5.74) is 2.38. The highest BCUT2D eigenvalue weighted by molar-refractivity contribution is 6.08. The second kappa shape index (κ2) is 15.6. The molecule has 0 radical (unpaired) electrons. The second-order valence-corrected chi connectivity index (χ2v) is 10.0. The fraction of sp³-hybridized carbons (Fsp3) is 0.290. The summed E-state index contributed by atoms with van der Waals surface area (Å²) in [4.78, 5) is 50.6. The third kappa shape index (κ3) is 9.65. The fourth-order valence-corrected chi connectivity index (χ4v) is 3.71. The van der Waals surface area contributed by atoms with Crippen LogP contribution in [-0.4, -0.2) is 77.8 Å². The van der Waals surface area contributed by atoms with Gasteiger partial charge in [-0.1, -0.05) is 19.1 Å². The molecule has 12 nitrogen and oxygen atoms in total. The Labute approximate surface area is 251 Å². The third-order valence-electron chi connectivity index (χ3n) is 6.27. The standard InChI is InChI=1S/C31H37N9O3/c1-6-16-33-28-26(20-34-31(38-28)37-23-14-12-22(19-32)13-15-23)30(43)36-25-10-7-9-24(18-25)35-29(42)21(2)40(5)27(41)11-8-17-39(3)4/h7-15,18,20-21H,6,16-17H2,1-5H3,(H,35,42)(H,36,43)(H2,33,34,37,38)/b11-8+/t21-/m0/s1. The van der Waals surface area contributed by atoms with Gasteiger partial charge in [0.1, 0.15) is 17.4 Å². The molecule has 0 spiro atoms. The number of nitrogens with zero attached hydrogens (tertiary/aromatic N) is 5. The smallest absolute Gasteiger partial charge is 0.260 e. The number of nitriles is 1. The summed E-state index contributed by atoms with van der Waals surface area (Å²) in [6.07, 6.45) is 5.43. The van der Waals surface area contributed by atoms with Crippen molar-refractivity contribution in [3.8, 4) is 6.07 Å². The molecule has 0 bridgehead atoms. The predicted molar refractivity (Wildman–Crippen MR) is 168 cm³/mol. The van der Waals surface area contributed by atoms with E-state index in [0.29, 0.717) is 41.5 Å². The van der Waals surface area contributed by atoms with Gasteiger partial charge in [0.25, 0.3) is 5.91 Å². The minimum atomic E-state index is -0.726. The van der Waals surface area contributed by atoms with Crippen LogP contribution in [0.5, 0.6) is 0 Å². The molecule has 0 aliphatic carbocycles. The molecule has 3 amide bonds. The van der Waals surface area contributed by atoms with Crippen LogP contribution < -0.4 is 21.3 Å². The van der Waals surface area contributed by atoms with Crippen molar-refractivity contribution in [2.45, 2.75) is 26.3 Å². The highest BCUT2D eigenvalue weighted by Crippen LogP contribution is 2.21. The maximum Gasteiger partial charge on any atom is 0.260 e. The molecule has 1 aromatic heterocycles. The van der Waals surface area contributed by atoms with Crippen molar-refractivity contribution in [2.75, 3.05) is 55.5 Å². The molecule has 12 heteroatoms. The molecule has 4 N–H and O–H groups in total. The molecule has 2 aromatic carbocycles. The maximum absolute atomic E-state index is 13.2. The Kier molecular flexibility index (Phi) is 11.7. The lowest BCUT2D eigenvalue weighted by Gasteiger charge is -2.23. The molecule has 0 fully saturated rings. The number of nitrogens with one attached hydrogen (secondary N) is 4. The topological polar surface area (TPSA) is 155 Å². The summed E-state index contributed by atoms with van der Waals surface area (Å²) >= 11 is 0. The zero-order valence-electron chi connectivity index (χ0n) is 25.0. The molecule has 0 saturated heterocycles. The summed E-state index contributed by atoms with van der Waals surface area (Å²) in [6.45, 7) is 4.85. The Hall–Kier alpha value is -5.28. The number of rotatable bonds is 13. The molecule has 0 aliphatic rings. The molecule has 3 rings (SSSR count). The van der Waals surface area contributed by atoms with Crippen LogP contribution in [0.4, 0.5) is 28.8 Å². The number of benzene rings is 2. The second-order valence-electron chi connectivity index (χ2n) is 10.0. The summed E-state index contributed by atoms with van der Waals surface area (Å²) in [5.74, 6) is -0.440. The first-order chi connectivity index (χ1) is 20.6. The molecule has 0 saturated carbocycles. The SMILES string of the molecule is CCCNc1nc(Nc2ccc(C#N)cc2)ncc1C(=O)Nc1cccc(NC(=O)[C@H](C)N(C)C(=O)/C=C/CN(C)C)c1. The van der Waals surface area contributed by atoms with Gasteiger partial charge < -0.3 is 31.1 Å². The largest absolute Gasteiger partial charge is 0.369 e. The lowest BCUT2D eigenvalue weighted by Crippen LogP contribution is -2.42. The number of hydrogen-bond donors (Lipinski definition) is 4. The van der Waals surface area contributed by atoms with E-state index in [1.807, 2.05) is 25.9 Å². The summed E-state index contributed by atoms with van der Waals surface area (Å²) in [6, 6.07) is 14.9. The zero-order chi connectivity index (χ0) is 31.4. The van der Waals surface area contributed by atoms with Gasteiger partial charge in [-0.15, -0.1) is 0 Å². The van der Waals surface area contributed by atoms with Crippen molar-refractivity contribution >= 4 is 46.5 Å². The van der Waals surface area contributed by atoms with Gasteiger partial charge >= 0.3 is 0 Å². The van der Waals surface area contributed by atoms with Crippen molar-refractivity contribution in [1.29, 1.82) is 5.26 Å². The van der Waals surface area contributed by atoms with E-state index in [1.54, 1.807) is 68.6 Å². The first kappa shape index (κ1) is 32.2. The van der Waals surface area contributed by atoms with Crippen LogP contribution in [0.1, 0.15) is 36.2 Å². The van der Waals surface area contributed by atoms with Crippen molar-refractivity contribution < 1.29 is 14.4 Å². The number of hydrogen-bond acceptors (Lipinski definition) is 9. The maximum atomic E-state index is 13.2. The van der Waals surface area contributed by atoms with E-state index in [1.165, 1.54) is 17.2 Å². The van der Waals surface area contributed by atoms with Gasteiger partial charge in [0, 0.05) is 49.5 Å². The number of amides is 3. The number of carbonyl (C=O) groups excluding carboxylic acids is 3. The lowest BCUT2D eigenvalue weighted by atomic mass is 10.2. The monoisotopic (exact) mass is 583 g/mol. The molecule has 1 atom stereocenters. The van der Waals surface area contributed by atoms with E-state index in [0.717, 1.165) is 6.42 Å². The van der Waals surface area contributed by atoms with Gasteiger partial charge in [-0.25, -0.2) is 4.98 Å². The Morgan fingerprint density at radius 2 is 1.72 bits per heavy atom. The molecule has 1 heterocycles. The van der Waals surface area contributed by atoms with E-state index < -0.39 is 11.9 Å². The third-order valence-corrected chi connectivity index (χ3v) is 6.27. The van der Waals surface area contributed by atoms with E-state index in [2.05, 4.69) is 37.3 Å². The molecule has 0 aliphatic heterocycles. The molecule has 224 valence electrons. The zero-order valence-corrected chi connectivity index (χ0v) is 25.0. The van der Waals surface area contributed by atoms with Gasteiger partial charge in [0.15, 0.2) is 0 Å². The minimum absolute atomic E-state index is 0.240. The Morgan fingerprint density at radius 1 is 1.02 bits per heavy atom. The van der Waals surface area contributed by atoms with Crippen LogP contribution in [0.3, 0.4) is 0 Å². The lowest BCUT2D eigenvalue weighted by molar-refractivity contribution is -0.132. The molecule has 3 aromatic rings. The van der Waals surface area contributed by atoms with Crippen molar-refractivity contribution in [2.24, 2.45) is 0 Å². The normalized spacial score (nSPS) is 11.5. The quantitative estimate of drug-likeness (QED) is 0.218. The van der Waals surface area contributed by atoms with E-state index >= 15 is 0 Å². The average Bonchev–Trinajstić information content (AvgIpc) is 2.99. The summed E-state index contributed by atoms with van der Waals surface area (Å²) in [7, 11) is 5.37. The van der Waals surface area contributed by atoms with Crippen molar-refractivity contribution in [3.63, 3.8) is 0 Å². The minimum Gasteiger partial charge on any atom is -0.369 e. The van der Waals surface area contributed by atoms with E-state index in [4.69, 9.17) is 5.26 Å². The summed E-state index contributed by atoms with van der Waals surface area (Å²) < 4.78 is 0. The first-order valence-electron chi connectivity index (χ1n) is 13.8.